The molecule has 1 aliphatic rings. The van der Waals surface area contributed by atoms with E-state index in [9.17, 15) is 4.79 Å². The fraction of sp³-hybridized carbons (Fsp3) is 0.389. The standard InChI is InChI=1S/C18H23NO/c1-6-16-13(2)11-14-9-7-8-10-15(14)12-19(16)17(20)18(3,4)5/h6-11,16H,1,12H2,2-5H3. The van der Waals surface area contributed by atoms with Gasteiger partial charge < -0.3 is 4.90 Å². The van der Waals surface area contributed by atoms with Gasteiger partial charge in [-0.3, -0.25) is 4.79 Å². The summed E-state index contributed by atoms with van der Waals surface area (Å²) in [4.78, 5) is 14.7. The molecule has 1 heterocycles. The first kappa shape index (κ1) is 14.6. The molecule has 1 aliphatic heterocycles. The summed E-state index contributed by atoms with van der Waals surface area (Å²) in [5.41, 5.74) is 3.15. The molecular formula is C18H23NO. The molecule has 0 radical (unpaired) electrons. The third kappa shape index (κ3) is 2.69. The lowest BCUT2D eigenvalue weighted by atomic mass is 9.93. The Bertz CT molecular complexity index is 563. The van der Waals surface area contributed by atoms with Crippen molar-refractivity contribution in [2.24, 2.45) is 5.41 Å². The van der Waals surface area contributed by atoms with Crippen LogP contribution in [0, 0.1) is 5.41 Å². The van der Waals surface area contributed by atoms with Crippen molar-refractivity contribution in [3.05, 3.63) is 53.6 Å². The van der Waals surface area contributed by atoms with Crippen molar-refractivity contribution in [1.82, 2.24) is 4.90 Å². The lowest BCUT2D eigenvalue weighted by Gasteiger charge is -2.34. The van der Waals surface area contributed by atoms with Gasteiger partial charge in [0.15, 0.2) is 0 Å². The average Bonchev–Trinajstić information content (AvgIpc) is 2.52. The molecule has 0 spiro atoms. The zero-order valence-electron chi connectivity index (χ0n) is 12.8. The molecule has 0 saturated carbocycles. The number of benzene rings is 1. The smallest absolute Gasteiger partial charge is 0.228 e. The first-order valence-corrected chi connectivity index (χ1v) is 7.04. The van der Waals surface area contributed by atoms with Crippen molar-refractivity contribution < 1.29 is 4.79 Å². The highest BCUT2D eigenvalue weighted by atomic mass is 16.2. The molecule has 0 bridgehead atoms. The van der Waals surface area contributed by atoms with Gasteiger partial charge >= 0.3 is 0 Å². The molecule has 20 heavy (non-hydrogen) atoms. The summed E-state index contributed by atoms with van der Waals surface area (Å²) in [6.07, 6.45) is 4.03. The highest BCUT2D eigenvalue weighted by Crippen LogP contribution is 2.29. The van der Waals surface area contributed by atoms with Gasteiger partial charge in [-0.1, -0.05) is 57.2 Å². The van der Waals surface area contributed by atoms with Gasteiger partial charge in [0, 0.05) is 12.0 Å². The average molecular weight is 269 g/mol. The van der Waals surface area contributed by atoms with Crippen LogP contribution < -0.4 is 0 Å². The normalized spacial score (nSPS) is 18.9. The third-order valence-electron chi connectivity index (χ3n) is 3.71. The van der Waals surface area contributed by atoms with Crippen LogP contribution in [0.25, 0.3) is 6.08 Å². The summed E-state index contributed by atoms with van der Waals surface area (Å²) in [6.45, 7) is 12.5. The number of nitrogens with zero attached hydrogens (tertiary/aromatic N) is 1. The molecule has 0 saturated heterocycles. The predicted molar refractivity (Wildman–Crippen MR) is 84.1 cm³/mol. The van der Waals surface area contributed by atoms with E-state index in [0.717, 1.165) is 5.57 Å². The van der Waals surface area contributed by atoms with Crippen LogP contribution in [-0.2, 0) is 11.3 Å². The summed E-state index contributed by atoms with van der Waals surface area (Å²) in [7, 11) is 0. The van der Waals surface area contributed by atoms with Gasteiger partial charge in [-0.15, -0.1) is 6.58 Å². The third-order valence-corrected chi connectivity index (χ3v) is 3.71. The van der Waals surface area contributed by atoms with Crippen LogP contribution in [0.5, 0.6) is 0 Å². The van der Waals surface area contributed by atoms with E-state index in [-0.39, 0.29) is 17.4 Å². The molecule has 0 N–H and O–H groups in total. The lowest BCUT2D eigenvalue weighted by Crippen LogP contribution is -2.44. The highest BCUT2D eigenvalue weighted by Gasteiger charge is 2.33. The van der Waals surface area contributed by atoms with E-state index in [2.05, 4.69) is 31.7 Å². The molecule has 106 valence electrons. The Labute approximate surface area is 121 Å². The van der Waals surface area contributed by atoms with Crippen LogP contribution >= 0.6 is 0 Å². The van der Waals surface area contributed by atoms with Crippen LogP contribution in [0.15, 0.2) is 42.5 Å². The van der Waals surface area contributed by atoms with Gasteiger partial charge in [-0.05, 0) is 23.6 Å². The van der Waals surface area contributed by atoms with Crippen LogP contribution in [0.2, 0.25) is 0 Å². The first-order chi connectivity index (χ1) is 9.34. The predicted octanol–water partition coefficient (Wildman–Crippen LogP) is 4.03. The highest BCUT2D eigenvalue weighted by molar-refractivity contribution is 5.83. The van der Waals surface area contributed by atoms with E-state index in [0.29, 0.717) is 6.54 Å². The zero-order valence-corrected chi connectivity index (χ0v) is 12.8. The fourth-order valence-corrected chi connectivity index (χ4v) is 2.62. The van der Waals surface area contributed by atoms with Crippen molar-refractivity contribution in [2.75, 3.05) is 0 Å². The van der Waals surface area contributed by atoms with Gasteiger partial charge in [0.1, 0.15) is 0 Å². The minimum absolute atomic E-state index is 0.0332. The monoisotopic (exact) mass is 269 g/mol. The summed E-state index contributed by atoms with van der Waals surface area (Å²) in [5.74, 6) is 0.159. The Balaban J connectivity index is 2.50. The molecule has 1 aromatic rings. The zero-order chi connectivity index (χ0) is 14.9. The SMILES string of the molecule is C=CC1C(C)=Cc2ccccc2CN1C(=O)C(C)(C)C. The topological polar surface area (TPSA) is 20.3 Å². The number of carbonyl (C=O) groups excluding carboxylic acids is 1. The summed E-state index contributed by atoms with van der Waals surface area (Å²) in [5, 5.41) is 0. The number of carbonyl (C=O) groups is 1. The minimum Gasteiger partial charge on any atom is -0.328 e. The van der Waals surface area contributed by atoms with E-state index < -0.39 is 0 Å². The molecule has 2 rings (SSSR count). The van der Waals surface area contributed by atoms with E-state index >= 15 is 0 Å². The van der Waals surface area contributed by atoms with Gasteiger partial charge in [-0.2, -0.15) is 0 Å². The Kier molecular flexibility index (Phi) is 3.85. The Morgan fingerprint density at radius 1 is 1.35 bits per heavy atom. The lowest BCUT2D eigenvalue weighted by molar-refractivity contribution is -0.141. The molecule has 2 nitrogen and oxygen atoms in total. The van der Waals surface area contributed by atoms with Crippen molar-refractivity contribution in [3.8, 4) is 0 Å². The largest absolute Gasteiger partial charge is 0.328 e. The number of rotatable bonds is 1. The Morgan fingerprint density at radius 2 is 2.00 bits per heavy atom. The van der Waals surface area contributed by atoms with E-state index in [4.69, 9.17) is 0 Å². The maximum Gasteiger partial charge on any atom is 0.228 e. The molecular weight excluding hydrogens is 246 g/mol. The minimum atomic E-state index is -0.388. The molecule has 1 atom stereocenters. The maximum absolute atomic E-state index is 12.7. The molecule has 0 aromatic heterocycles. The van der Waals surface area contributed by atoms with Gasteiger partial charge in [-0.25, -0.2) is 0 Å². The van der Waals surface area contributed by atoms with Gasteiger partial charge in [0.05, 0.1) is 6.04 Å². The molecule has 1 amide bonds. The summed E-state index contributed by atoms with van der Waals surface area (Å²) >= 11 is 0. The van der Waals surface area contributed by atoms with Crippen LogP contribution in [-0.4, -0.2) is 16.8 Å². The quantitative estimate of drug-likeness (QED) is 0.705. The molecule has 0 fully saturated rings. The van der Waals surface area contributed by atoms with Gasteiger partial charge in [0.2, 0.25) is 5.91 Å². The van der Waals surface area contributed by atoms with E-state index in [1.165, 1.54) is 11.1 Å². The van der Waals surface area contributed by atoms with E-state index in [1.54, 1.807) is 0 Å². The molecule has 0 aliphatic carbocycles. The second kappa shape index (κ2) is 5.28. The van der Waals surface area contributed by atoms with Gasteiger partial charge in [0.25, 0.3) is 0 Å². The number of hydrogen-bond acceptors (Lipinski definition) is 1. The van der Waals surface area contributed by atoms with Crippen molar-refractivity contribution in [3.63, 3.8) is 0 Å². The number of hydrogen-bond donors (Lipinski definition) is 0. The number of amides is 1. The summed E-state index contributed by atoms with van der Waals surface area (Å²) in [6, 6.07) is 8.22. The number of fused-ring (bicyclic) bond motifs is 1. The molecule has 1 unspecified atom stereocenters. The second-order valence-corrected chi connectivity index (χ2v) is 6.45. The van der Waals surface area contributed by atoms with Crippen LogP contribution in [0.3, 0.4) is 0 Å². The van der Waals surface area contributed by atoms with Crippen molar-refractivity contribution in [2.45, 2.75) is 40.3 Å². The Hall–Kier alpha value is -1.83. The van der Waals surface area contributed by atoms with Crippen LogP contribution in [0.4, 0.5) is 0 Å². The van der Waals surface area contributed by atoms with Crippen LogP contribution in [0.1, 0.15) is 38.8 Å². The first-order valence-electron chi connectivity index (χ1n) is 7.04. The maximum atomic E-state index is 12.7. The summed E-state index contributed by atoms with van der Waals surface area (Å²) < 4.78 is 0. The molecule has 1 aromatic carbocycles. The van der Waals surface area contributed by atoms with Crippen molar-refractivity contribution >= 4 is 12.0 Å². The fourth-order valence-electron chi connectivity index (χ4n) is 2.62. The van der Waals surface area contributed by atoms with Crippen molar-refractivity contribution in [1.29, 1.82) is 0 Å². The Morgan fingerprint density at radius 3 is 2.60 bits per heavy atom. The van der Waals surface area contributed by atoms with E-state index in [1.807, 2.05) is 43.9 Å². The second-order valence-electron chi connectivity index (χ2n) is 6.45. The molecule has 2 heteroatoms.